The van der Waals surface area contributed by atoms with E-state index >= 15 is 0 Å². The Bertz CT molecular complexity index is 86.6. The number of hydrogen-bond donors (Lipinski definition) is 1. The number of nitrogens with one attached hydrogen (secondary N) is 1. The predicted octanol–water partition coefficient (Wildman–Crippen LogP) is 1.95. The van der Waals surface area contributed by atoms with E-state index < -0.39 is 0 Å². The van der Waals surface area contributed by atoms with Crippen molar-refractivity contribution >= 4 is 0 Å². The van der Waals surface area contributed by atoms with Crippen molar-refractivity contribution in [2.24, 2.45) is 0 Å². The summed E-state index contributed by atoms with van der Waals surface area (Å²) in [5, 5.41) is 3.33. The topological polar surface area (TPSA) is 12.0 Å². The average Bonchev–Trinajstić information content (AvgIpc) is 1.83. The van der Waals surface area contributed by atoms with Gasteiger partial charge in [-0.1, -0.05) is 19.1 Å². The molecule has 1 atom stereocenters. The SMILES string of the molecule is C=C(C)CNC(C)CC. The summed E-state index contributed by atoms with van der Waals surface area (Å²) in [7, 11) is 0. The normalized spacial score (nSPS) is 13.2. The maximum absolute atomic E-state index is 3.80. The van der Waals surface area contributed by atoms with Crippen LogP contribution in [0.3, 0.4) is 0 Å². The van der Waals surface area contributed by atoms with Gasteiger partial charge < -0.3 is 5.32 Å². The Morgan fingerprint density at radius 1 is 1.67 bits per heavy atom. The fourth-order valence-corrected chi connectivity index (χ4v) is 0.493. The molecule has 0 spiro atoms. The van der Waals surface area contributed by atoms with Gasteiger partial charge in [0.25, 0.3) is 0 Å². The maximum Gasteiger partial charge on any atom is 0.0161 e. The van der Waals surface area contributed by atoms with E-state index in [1.165, 1.54) is 12.0 Å². The van der Waals surface area contributed by atoms with Crippen LogP contribution in [0.15, 0.2) is 12.2 Å². The first-order valence-corrected chi connectivity index (χ1v) is 3.54. The van der Waals surface area contributed by atoms with Crippen molar-refractivity contribution in [2.45, 2.75) is 33.2 Å². The zero-order chi connectivity index (χ0) is 7.28. The van der Waals surface area contributed by atoms with Crippen LogP contribution >= 0.6 is 0 Å². The summed E-state index contributed by atoms with van der Waals surface area (Å²) >= 11 is 0. The Kier molecular flexibility index (Phi) is 4.41. The molecule has 0 aliphatic heterocycles. The van der Waals surface area contributed by atoms with Crippen LogP contribution in [0, 0.1) is 0 Å². The molecule has 0 aliphatic rings. The third-order valence-electron chi connectivity index (χ3n) is 1.36. The summed E-state index contributed by atoms with van der Waals surface area (Å²) in [6.45, 7) is 11.1. The molecule has 0 aromatic carbocycles. The highest BCUT2D eigenvalue weighted by Gasteiger charge is 1.94. The van der Waals surface area contributed by atoms with Gasteiger partial charge in [0.2, 0.25) is 0 Å². The quantitative estimate of drug-likeness (QED) is 0.569. The molecule has 0 aromatic rings. The minimum Gasteiger partial charge on any atom is -0.311 e. The fourth-order valence-electron chi connectivity index (χ4n) is 0.493. The highest BCUT2D eigenvalue weighted by molar-refractivity contribution is 4.91. The Labute approximate surface area is 58.2 Å². The average molecular weight is 127 g/mol. The van der Waals surface area contributed by atoms with Crippen molar-refractivity contribution in [2.75, 3.05) is 6.54 Å². The highest BCUT2D eigenvalue weighted by Crippen LogP contribution is 1.89. The van der Waals surface area contributed by atoms with Crippen molar-refractivity contribution < 1.29 is 0 Å². The van der Waals surface area contributed by atoms with Crippen molar-refractivity contribution in [3.63, 3.8) is 0 Å². The monoisotopic (exact) mass is 127 g/mol. The van der Waals surface area contributed by atoms with Crippen molar-refractivity contribution in [3.8, 4) is 0 Å². The third-order valence-corrected chi connectivity index (χ3v) is 1.36. The Hall–Kier alpha value is -0.300. The molecular formula is C8H17N. The second kappa shape index (κ2) is 4.57. The summed E-state index contributed by atoms with van der Waals surface area (Å²) in [5.74, 6) is 0. The molecule has 1 nitrogen and oxygen atoms in total. The van der Waals surface area contributed by atoms with E-state index in [-0.39, 0.29) is 0 Å². The molecule has 1 unspecified atom stereocenters. The van der Waals surface area contributed by atoms with Gasteiger partial charge in [-0.3, -0.25) is 0 Å². The lowest BCUT2D eigenvalue weighted by Gasteiger charge is -2.09. The molecule has 0 aliphatic carbocycles. The summed E-state index contributed by atoms with van der Waals surface area (Å²) in [6, 6.07) is 0.627. The summed E-state index contributed by atoms with van der Waals surface area (Å²) in [5.41, 5.74) is 1.20. The molecule has 0 radical (unpaired) electrons. The zero-order valence-corrected chi connectivity index (χ0v) is 6.70. The largest absolute Gasteiger partial charge is 0.311 e. The van der Waals surface area contributed by atoms with E-state index in [0.717, 1.165) is 6.54 Å². The van der Waals surface area contributed by atoms with E-state index in [1.54, 1.807) is 0 Å². The van der Waals surface area contributed by atoms with E-state index in [1.807, 2.05) is 6.92 Å². The molecule has 0 amide bonds. The molecule has 0 rings (SSSR count). The van der Waals surface area contributed by atoms with Gasteiger partial charge in [-0.2, -0.15) is 0 Å². The molecule has 9 heavy (non-hydrogen) atoms. The number of hydrogen-bond acceptors (Lipinski definition) is 1. The van der Waals surface area contributed by atoms with Gasteiger partial charge in [-0.25, -0.2) is 0 Å². The van der Waals surface area contributed by atoms with Crippen LogP contribution in [0.5, 0.6) is 0 Å². The Morgan fingerprint density at radius 2 is 2.22 bits per heavy atom. The van der Waals surface area contributed by atoms with Gasteiger partial charge >= 0.3 is 0 Å². The first-order chi connectivity index (χ1) is 4.16. The fraction of sp³-hybridized carbons (Fsp3) is 0.750. The molecule has 0 heterocycles. The van der Waals surface area contributed by atoms with Crippen LogP contribution in [0.25, 0.3) is 0 Å². The van der Waals surface area contributed by atoms with Crippen LogP contribution in [0.1, 0.15) is 27.2 Å². The lowest BCUT2D eigenvalue weighted by molar-refractivity contribution is 0.560. The smallest absolute Gasteiger partial charge is 0.0161 e. The van der Waals surface area contributed by atoms with Crippen LogP contribution < -0.4 is 5.32 Å². The standard InChI is InChI=1S/C8H17N/c1-5-8(4)9-6-7(2)3/h8-9H,2,5-6H2,1,3-4H3. The molecular weight excluding hydrogens is 110 g/mol. The minimum absolute atomic E-state index is 0.627. The molecule has 0 fully saturated rings. The third kappa shape index (κ3) is 5.57. The summed E-state index contributed by atoms with van der Waals surface area (Å²) in [4.78, 5) is 0. The van der Waals surface area contributed by atoms with Crippen LogP contribution in [0.4, 0.5) is 0 Å². The summed E-state index contributed by atoms with van der Waals surface area (Å²) in [6.07, 6.45) is 1.19. The molecule has 0 saturated heterocycles. The van der Waals surface area contributed by atoms with Gasteiger partial charge in [0.05, 0.1) is 0 Å². The van der Waals surface area contributed by atoms with E-state index in [2.05, 4.69) is 25.7 Å². The summed E-state index contributed by atoms with van der Waals surface area (Å²) < 4.78 is 0. The van der Waals surface area contributed by atoms with Crippen LogP contribution in [-0.2, 0) is 0 Å². The van der Waals surface area contributed by atoms with Crippen molar-refractivity contribution in [3.05, 3.63) is 12.2 Å². The minimum atomic E-state index is 0.627. The van der Waals surface area contributed by atoms with Gasteiger partial charge in [-0.15, -0.1) is 0 Å². The molecule has 1 heteroatoms. The molecule has 0 bridgehead atoms. The molecule has 1 N–H and O–H groups in total. The van der Waals surface area contributed by atoms with Crippen molar-refractivity contribution in [1.29, 1.82) is 0 Å². The Balaban J connectivity index is 3.16. The van der Waals surface area contributed by atoms with Crippen LogP contribution in [-0.4, -0.2) is 12.6 Å². The second-order valence-corrected chi connectivity index (χ2v) is 2.65. The molecule has 0 saturated carbocycles. The first kappa shape index (κ1) is 8.70. The van der Waals surface area contributed by atoms with Gasteiger partial charge in [0.15, 0.2) is 0 Å². The maximum atomic E-state index is 3.80. The van der Waals surface area contributed by atoms with Crippen LogP contribution in [0.2, 0.25) is 0 Å². The highest BCUT2D eigenvalue weighted by atomic mass is 14.9. The first-order valence-electron chi connectivity index (χ1n) is 3.54. The van der Waals surface area contributed by atoms with Gasteiger partial charge in [0, 0.05) is 12.6 Å². The predicted molar refractivity (Wildman–Crippen MR) is 42.6 cm³/mol. The van der Waals surface area contributed by atoms with Gasteiger partial charge in [0.1, 0.15) is 0 Å². The van der Waals surface area contributed by atoms with E-state index in [0.29, 0.717) is 6.04 Å². The zero-order valence-electron chi connectivity index (χ0n) is 6.70. The number of rotatable bonds is 4. The Morgan fingerprint density at radius 3 is 2.56 bits per heavy atom. The van der Waals surface area contributed by atoms with Gasteiger partial charge in [-0.05, 0) is 20.3 Å². The molecule has 0 aromatic heterocycles. The second-order valence-electron chi connectivity index (χ2n) is 2.65. The lowest BCUT2D eigenvalue weighted by Crippen LogP contribution is -2.26. The lowest BCUT2D eigenvalue weighted by atomic mass is 10.2. The van der Waals surface area contributed by atoms with E-state index in [4.69, 9.17) is 0 Å². The van der Waals surface area contributed by atoms with Crippen molar-refractivity contribution in [1.82, 2.24) is 5.32 Å². The molecule has 54 valence electrons. The van der Waals surface area contributed by atoms with E-state index in [9.17, 15) is 0 Å².